The van der Waals surface area contributed by atoms with Crippen LogP contribution in [0.25, 0.3) is 0 Å². The second-order valence-corrected chi connectivity index (χ2v) is 7.22. The minimum Gasteiger partial charge on any atom is -0.464 e. The summed E-state index contributed by atoms with van der Waals surface area (Å²) in [4.78, 5) is 36.6. The molecule has 0 spiro atoms. The van der Waals surface area contributed by atoms with Gasteiger partial charge in [-0.05, 0) is 24.6 Å². The van der Waals surface area contributed by atoms with Gasteiger partial charge in [0.05, 0.1) is 19.0 Å². The molecule has 0 unspecified atom stereocenters. The number of urea groups is 1. The van der Waals surface area contributed by atoms with Crippen LogP contribution in [0.1, 0.15) is 23.8 Å². The first-order valence-corrected chi connectivity index (χ1v) is 9.97. The van der Waals surface area contributed by atoms with Crippen LogP contribution in [0.2, 0.25) is 0 Å². The van der Waals surface area contributed by atoms with Crippen LogP contribution < -0.4 is 4.90 Å². The molecule has 2 aliphatic rings. The molecule has 1 aromatic heterocycles. The highest BCUT2D eigenvalue weighted by molar-refractivity contribution is 5.87. The summed E-state index contributed by atoms with van der Waals surface area (Å²) in [6, 6.07) is 0.592. The first kappa shape index (κ1) is 23.0. The van der Waals surface area contributed by atoms with Crippen LogP contribution >= 0.6 is 0 Å². The van der Waals surface area contributed by atoms with E-state index in [2.05, 4.69) is 26.4 Å². The Morgan fingerprint density at radius 3 is 2.59 bits per heavy atom. The zero-order chi connectivity index (χ0) is 23.3. The maximum absolute atomic E-state index is 13.8. The van der Waals surface area contributed by atoms with E-state index in [1.54, 1.807) is 11.1 Å². The number of methoxy groups -OCH3 is 1. The van der Waals surface area contributed by atoms with Crippen molar-refractivity contribution in [3.63, 3.8) is 0 Å². The predicted octanol–water partition coefficient (Wildman–Crippen LogP) is 2.85. The number of hydrogen-bond donors (Lipinski definition) is 0. The summed E-state index contributed by atoms with van der Waals surface area (Å²) in [7, 11) is 1.28. The van der Waals surface area contributed by atoms with E-state index in [0.29, 0.717) is 44.1 Å². The van der Waals surface area contributed by atoms with Crippen LogP contribution in [0, 0.1) is 0 Å². The summed E-state index contributed by atoms with van der Waals surface area (Å²) >= 11 is 0. The summed E-state index contributed by atoms with van der Waals surface area (Å²) in [5.41, 5.74) is 0.472. The second kappa shape index (κ2) is 10.1. The number of ether oxygens (including phenoxy) is 1. The van der Waals surface area contributed by atoms with Crippen molar-refractivity contribution in [1.82, 2.24) is 19.9 Å². The maximum atomic E-state index is 13.8. The van der Waals surface area contributed by atoms with Crippen molar-refractivity contribution in [3.05, 3.63) is 53.9 Å². The zero-order valence-electron chi connectivity index (χ0n) is 17.9. The predicted molar refractivity (Wildman–Crippen MR) is 114 cm³/mol. The van der Waals surface area contributed by atoms with Gasteiger partial charge >= 0.3 is 12.0 Å². The lowest BCUT2D eigenvalue weighted by Crippen LogP contribution is -2.53. The number of nitrogens with zero attached hydrogens (tertiary/aromatic N) is 6. The van der Waals surface area contributed by atoms with E-state index in [-0.39, 0.29) is 11.7 Å². The van der Waals surface area contributed by atoms with Gasteiger partial charge in [-0.15, -0.1) is 0 Å². The standard InChI is InChI=1S/C21H24F2N6O3/c1-14(12-16(23)13-15(2)22)18-5-7-25-29(18)21(31)28-10-8-27(9-11-28)20-24-6-4-17(26-20)19(30)32-3/h4,6-7,12-13,18H,1,5,8-11H2,2-3H3/b15-13+,16-12+/t18-/m0/s1. The summed E-state index contributed by atoms with van der Waals surface area (Å²) < 4.78 is 31.4. The van der Waals surface area contributed by atoms with Crippen molar-refractivity contribution in [1.29, 1.82) is 0 Å². The number of esters is 1. The van der Waals surface area contributed by atoms with Gasteiger partial charge in [-0.25, -0.2) is 33.3 Å². The molecule has 1 atom stereocenters. The number of hydrogen-bond acceptors (Lipinski definition) is 7. The molecule has 0 N–H and O–H groups in total. The number of allylic oxidation sites excluding steroid dienone is 3. The third kappa shape index (κ3) is 5.34. The number of amides is 2. The quantitative estimate of drug-likeness (QED) is 0.510. The Hall–Kier alpha value is -3.63. The average Bonchev–Trinajstić information content (AvgIpc) is 3.28. The summed E-state index contributed by atoms with van der Waals surface area (Å²) in [6.07, 6.45) is 5.29. The van der Waals surface area contributed by atoms with Crippen LogP contribution in [0.5, 0.6) is 0 Å². The Kier molecular flexibility index (Phi) is 7.29. The molecule has 0 bridgehead atoms. The molecule has 2 aliphatic heterocycles. The highest BCUT2D eigenvalue weighted by Gasteiger charge is 2.33. The van der Waals surface area contributed by atoms with Crippen molar-refractivity contribution >= 4 is 24.2 Å². The molecule has 3 heterocycles. The molecule has 32 heavy (non-hydrogen) atoms. The van der Waals surface area contributed by atoms with Gasteiger partial charge in [0, 0.05) is 51.1 Å². The third-order valence-electron chi connectivity index (χ3n) is 4.98. The van der Waals surface area contributed by atoms with E-state index in [1.807, 2.05) is 4.90 Å². The molecule has 2 amide bonds. The van der Waals surface area contributed by atoms with Crippen molar-refractivity contribution in [3.8, 4) is 0 Å². The number of aromatic nitrogens is 2. The molecule has 0 aromatic carbocycles. The fourth-order valence-electron chi connectivity index (χ4n) is 3.37. The van der Waals surface area contributed by atoms with E-state index in [9.17, 15) is 18.4 Å². The topological polar surface area (TPSA) is 91.2 Å². The Bertz CT molecular complexity index is 982. The number of carbonyl (C=O) groups excluding carboxylic acids is 2. The van der Waals surface area contributed by atoms with Gasteiger partial charge < -0.3 is 14.5 Å². The van der Waals surface area contributed by atoms with E-state index < -0.39 is 23.7 Å². The maximum Gasteiger partial charge on any atom is 0.356 e. The highest BCUT2D eigenvalue weighted by atomic mass is 19.1. The van der Waals surface area contributed by atoms with E-state index in [0.717, 1.165) is 19.1 Å². The second-order valence-electron chi connectivity index (χ2n) is 7.22. The fraction of sp³-hybridized carbons (Fsp3) is 0.381. The van der Waals surface area contributed by atoms with Crippen LogP contribution in [0.15, 0.2) is 53.3 Å². The number of halogens is 2. The largest absolute Gasteiger partial charge is 0.464 e. The normalized spacial score (nSPS) is 19.4. The summed E-state index contributed by atoms with van der Waals surface area (Å²) in [6.45, 7) is 6.62. The first-order chi connectivity index (χ1) is 15.3. The molecule has 3 rings (SSSR count). The summed E-state index contributed by atoms with van der Waals surface area (Å²) in [5, 5.41) is 5.39. The van der Waals surface area contributed by atoms with Crippen LogP contribution in [-0.4, -0.2) is 77.4 Å². The van der Waals surface area contributed by atoms with Gasteiger partial charge in [-0.3, -0.25) is 0 Å². The molecule has 1 saturated heterocycles. The highest BCUT2D eigenvalue weighted by Crippen LogP contribution is 2.23. The van der Waals surface area contributed by atoms with Crippen molar-refractivity contribution in [2.45, 2.75) is 19.4 Å². The molecule has 9 nitrogen and oxygen atoms in total. The lowest BCUT2D eigenvalue weighted by molar-refractivity contribution is 0.0594. The van der Waals surface area contributed by atoms with E-state index in [4.69, 9.17) is 0 Å². The number of anilines is 1. The van der Waals surface area contributed by atoms with Gasteiger partial charge in [-0.1, -0.05) is 6.58 Å². The number of hydrazone groups is 1. The van der Waals surface area contributed by atoms with Gasteiger partial charge in [-0.2, -0.15) is 5.10 Å². The SMILES string of the molecule is C=C(/C=C(F)\C=C(/C)F)[C@@H]1CC=NN1C(=O)N1CCN(c2nccc(C(=O)OC)n2)CC1. The Labute approximate surface area is 184 Å². The van der Waals surface area contributed by atoms with Crippen molar-refractivity contribution in [2.75, 3.05) is 38.2 Å². The lowest BCUT2D eigenvalue weighted by atomic mass is 10.1. The van der Waals surface area contributed by atoms with Crippen LogP contribution in [0.4, 0.5) is 19.5 Å². The van der Waals surface area contributed by atoms with Gasteiger partial charge in [0.15, 0.2) is 5.69 Å². The summed E-state index contributed by atoms with van der Waals surface area (Å²) in [5.74, 6) is -1.62. The fourth-order valence-corrected chi connectivity index (χ4v) is 3.37. The molecule has 1 fully saturated rings. The molecule has 0 aliphatic carbocycles. The molecular weight excluding hydrogens is 422 g/mol. The van der Waals surface area contributed by atoms with E-state index in [1.165, 1.54) is 24.4 Å². The van der Waals surface area contributed by atoms with Crippen LogP contribution in [0.3, 0.4) is 0 Å². The Morgan fingerprint density at radius 2 is 1.94 bits per heavy atom. The number of piperazine rings is 1. The van der Waals surface area contributed by atoms with Gasteiger partial charge in [0.2, 0.25) is 5.95 Å². The van der Waals surface area contributed by atoms with Crippen molar-refractivity contribution < 1.29 is 23.1 Å². The van der Waals surface area contributed by atoms with Gasteiger partial charge in [0.1, 0.15) is 5.83 Å². The number of carbonyl (C=O) groups is 2. The zero-order valence-corrected chi connectivity index (χ0v) is 17.9. The van der Waals surface area contributed by atoms with E-state index >= 15 is 0 Å². The number of rotatable bonds is 5. The molecule has 11 heteroatoms. The minimum atomic E-state index is -0.780. The van der Waals surface area contributed by atoms with Crippen molar-refractivity contribution in [2.24, 2.45) is 5.10 Å². The average molecular weight is 446 g/mol. The molecular formula is C21H24F2N6O3. The first-order valence-electron chi connectivity index (χ1n) is 9.97. The molecule has 1 aromatic rings. The Morgan fingerprint density at radius 1 is 1.22 bits per heavy atom. The monoisotopic (exact) mass is 446 g/mol. The van der Waals surface area contributed by atoms with Crippen LogP contribution in [-0.2, 0) is 4.74 Å². The molecule has 0 saturated carbocycles. The molecule has 0 radical (unpaired) electrons. The Balaban J connectivity index is 1.62. The molecule has 170 valence electrons. The smallest absolute Gasteiger partial charge is 0.356 e. The third-order valence-corrected chi connectivity index (χ3v) is 4.98. The van der Waals surface area contributed by atoms with Gasteiger partial charge in [0.25, 0.3) is 0 Å². The minimum absolute atomic E-state index is 0.154. The lowest BCUT2D eigenvalue weighted by Gasteiger charge is -2.37.